The molecule has 7 heteroatoms. The molecule has 0 spiro atoms. The fourth-order valence-electron chi connectivity index (χ4n) is 4.52. The Hall–Kier alpha value is -3.58. The topological polar surface area (TPSA) is 65.1 Å². The van der Waals surface area contributed by atoms with Gasteiger partial charge in [-0.15, -0.1) is 0 Å². The van der Waals surface area contributed by atoms with E-state index in [4.69, 9.17) is 0 Å². The number of aromatic amines is 1. The highest BCUT2D eigenvalue weighted by Gasteiger charge is 2.29. The summed E-state index contributed by atoms with van der Waals surface area (Å²) in [4.78, 5) is 28.9. The first-order valence-electron chi connectivity index (χ1n) is 11.2. The lowest BCUT2D eigenvalue weighted by molar-refractivity contribution is 0.0560. The van der Waals surface area contributed by atoms with Gasteiger partial charge in [0.05, 0.1) is 6.20 Å². The molecule has 1 aliphatic rings. The number of hydrogen-bond acceptors (Lipinski definition) is 4. The maximum atomic E-state index is 15.0. The predicted octanol–water partition coefficient (Wildman–Crippen LogP) is 4.50. The number of amides is 1. The summed E-state index contributed by atoms with van der Waals surface area (Å²) in [5.74, 6) is -0.525. The third-order valence-corrected chi connectivity index (χ3v) is 6.45. The van der Waals surface area contributed by atoms with E-state index in [0.29, 0.717) is 5.56 Å². The molecule has 3 heterocycles. The van der Waals surface area contributed by atoms with Crippen LogP contribution in [-0.2, 0) is 6.54 Å². The van der Waals surface area contributed by atoms with Crippen molar-refractivity contribution in [3.63, 3.8) is 0 Å². The van der Waals surface area contributed by atoms with Crippen LogP contribution in [0.1, 0.15) is 28.9 Å². The Morgan fingerprint density at radius 2 is 1.91 bits per heavy atom. The number of fused-ring (bicyclic) bond motifs is 1. The Morgan fingerprint density at radius 1 is 1.12 bits per heavy atom. The number of carbonyl (C=O) groups excluding carboxylic acids is 1. The fourth-order valence-corrected chi connectivity index (χ4v) is 4.52. The maximum Gasteiger partial charge on any atom is 0.274 e. The first kappa shape index (κ1) is 21.3. The minimum Gasteiger partial charge on any atom is -0.361 e. The van der Waals surface area contributed by atoms with Crippen molar-refractivity contribution in [2.45, 2.75) is 25.4 Å². The summed E-state index contributed by atoms with van der Waals surface area (Å²) in [5.41, 5.74) is 3.77. The summed E-state index contributed by atoms with van der Waals surface area (Å²) in [6, 6.07) is 13.3. The lowest BCUT2D eigenvalue weighted by Crippen LogP contribution is -2.46. The molecule has 0 bridgehead atoms. The zero-order valence-electron chi connectivity index (χ0n) is 18.5. The van der Waals surface area contributed by atoms with Crippen LogP contribution in [0.4, 0.5) is 4.39 Å². The highest BCUT2D eigenvalue weighted by molar-refractivity contribution is 5.92. The van der Waals surface area contributed by atoms with Crippen molar-refractivity contribution >= 4 is 16.8 Å². The van der Waals surface area contributed by atoms with Crippen molar-refractivity contribution in [3.8, 4) is 11.1 Å². The summed E-state index contributed by atoms with van der Waals surface area (Å²) >= 11 is 0. The molecule has 1 saturated heterocycles. The maximum absolute atomic E-state index is 15.0. The van der Waals surface area contributed by atoms with Crippen LogP contribution >= 0.6 is 0 Å². The zero-order chi connectivity index (χ0) is 22.8. The molecule has 1 aliphatic heterocycles. The van der Waals surface area contributed by atoms with E-state index in [2.05, 4.69) is 33.0 Å². The fraction of sp³-hybridized carbons (Fsp3) is 0.269. The molecule has 0 unspecified atom stereocenters. The van der Waals surface area contributed by atoms with E-state index in [9.17, 15) is 9.18 Å². The Balaban J connectivity index is 1.47. The number of benzene rings is 2. The van der Waals surface area contributed by atoms with Gasteiger partial charge in [-0.3, -0.25) is 9.78 Å². The van der Waals surface area contributed by atoms with Crippen molar-refractivity contribution in [2.75, 3.05) is 20.1 Å². The van der Waals surface area contributed by atoms with Crippen molar-refractivity contribution in [2.24, 2.45) is 0 Å². The SMILES string of the molecule is CN1CCC(N(Cc2cc(-c3ccc4[nH]ccc4c3)ccc2F)C(=O)c2cnccn2)CC1. The summed E-state index contributed by atoms with van der Waals surface area (Å²) in [6.45, 7) is 1.98. The number of nitrogens with zero attached hydrogens (tertiary/aromatic N) is 4. The Labute approximate surface area is 192 Å². The molecule has 1 N–H and O–H groups in total. The van der Waals surface area contributed by atoms with Gasteiger partial charge in [-0.1, -0.05) is 12.1 Å². The summed E-state index contributed by atoms with van der Waals surface area (Å²) in [6.07, 6.45) is 8.12. The molecule has 0 radical (unpaired) electrons. The number of carbonyl (C=O) groups is 1. The Kier molecular flexibility index (Phi) is 5.88. The van der Waals surface area contributed by atoms with Gasteiger partial charge in [-0.2, -0.15) is 0 Å². The number of piperidine rings is 1. The number of H-pyrrole nitrogens is 1. The van der Waals surface area contributed by atoms with Crippen molar-refractivity contribution in [1.29, 1.82) is 0 Å². The average Bonchev–Trinajstić information content (AvgIpc) is 3.32. The normalized spacial score (nSPS) is 15.1. The first-order valence-corrected chi connectivity index (χ1v) is 11.2. The first-order chi connectivity index (χ1) is 16.1. The van der Waals surface area contributed by atoms with E-state index < -0.39 is 0 Å². The third-order valence-electron chi connectivity index (χ3n) is 6.45. The van der Waals surface area contributed by atoms with Gasteiger partial charge in [0.2, 0.25) is 0 Å². The standard InChI is InChI=1S/C26H26FN5O/c1-31-12-7-22(8-13-31)32(26(33)25-16-28-10-11-30-25)17-21-15-18(2-4-23(21)27)19-3-5-24-20(14-19)6-9-29-24/h2-6,9-11,14-16,22,29H,7-8,12-13,17H2,1H3. The van der Waals surface area contributed by atoms with Gasteiger partial charge in [-0.05, 0) is 79.8 Å². The highest BCUT2D eigenvalue weighted by atomic mass is 19.1. The summed E-state index contributed by atoms with van der Waals surface area (Å²) < 4.78 is 15.0. The minimum absolute atomic E-state index is 0.0231. The molecule has 33 heavy (non-hydrogen) atoms. The summed E-state index contributed by atoms with van der Waals surface area (Å²) in [5, 5.41) is 1.10. The van der Waals surface area contributed by atoms with Gasteiger partial charge in [0, 0.05) is 42.3 Å². The number of halogens is 1. The van der Waals surface area contributed by atoms with Crippen molar-refractivity contribution in [1.82, 2.24) is 24.8 Å². The molecule has 2 aromatic heterocycles. The van der Waals surface area contributed by atoms with E-state index in [-0.39, 0.29) is 30.0 Å². The van der Waals surface area contributed by atoms with Crippen molar-refractivity contribution < 1.29 is 9.18 Å². The molecule has 0 atom stereocenters. The van der Waals surface area contributed by atoms with Crippen LogP contribution in [0.15, 0.2) is 67.3 Å². The second kappa shape index (κ2) is 9.11. The zero-order valence-corrected chi connectivity index (χ0v) is 18.5. The second-order valence-electron chi connectivity index (χ2n) is 8.64. The number of likely N-dealkylation sites (tertiary alicyclic amines) is 1. The van der Waals surface area contributed by atoms with E-state index in [1.165, 1.54) is 18.5 Å². The largest absolute Gasteiger partial charge is 0.361 e. The van der Waals surface area contributed by atoms with E-state index in [1.54, 1.807) is 17.2 Å². The monoisotopic (exact) mass is 443 g/mol. The molecule has 168 valence electrons. The van der Waals surface area contributed by atoms with Crippen molar-refractivity contribution in [3.05, 3.63) is 84.3 Å². The van der Waals surface area contributed by atoms with Crippen LogP contribution in [-0.4, -0.2) is 56.8 Å². The average molecular weight is 444 g/mol. The molecule has 1 fully saturated rings. The smallest absolute Gasteiger partial charge is 0.274 e. The minimum atomic E-state index is -0.314. The highest BCUT2D eigenvalue weighted by Crippen LogP contribution is 2.28. The second-order valence-corrected chi connectivity index (χ2v) is 8.64. The molecular formula is C26H26FN5O. The molecule has 1 amide bonds. The summed E-state index contributed by atoms with van der Waals surface area (Å²) in [7, 11) is 2.08. The van der Waals surface area contributed by atoms with Crippen LogP contribution < -0.4 is 0 Å². The predicted molar refractivity (Wildman–Crippen MR) is 126 cm³/mol. The van der Waals surface area contributed by atoms with Gasteiger partial charge in [0.1, 0.15) is 11.5 Å². The number of rotatable bonds is 5. The molecule has 2 aromatic carbocycles. The molecule has 4 aromatic rings. The van der Waals surface area contributed by atoms with Crippen LogP contribution in [0.5, 0.6) is 0 Å². The number of aromatic nitrogens is 3. The van der Waals surface area contributed by atoms with E-state index in [0.717, 1.165) is 48.0 Å². The van der Waals surface area contributed by atoms with Gasteiger partial charge in [0.15, 0.2) is 0 Å². The van der Waals surface area contributed by atoms with Crippen LogP contribution in [0.2, 0.25) is 0 Å². The molecule has 0 saturated carbocycles. The molecular weight excluding hydrogens is 417 g/mol. The quantitative estimate of drug-likeness (QED) is 0.493. The van der Waals surface area contributed by atoms with Gasteiger partial charge in [-0.25, -0.2) is 9.37 Å². The van der Waals surface area contributed by atoms with Crippen LogP contribution in [0.3, 0.4) is 0 Å². The van der Waals surface area contributed by atoms with E-state index >= 15 is 0 Å². The molecule has 0 aliphatic carbocycles. The van der Waals surface area contributed by atoms with Crippen LogP contribution in [0, 0.1) is 5.82 Å². The van der Waals surface area contributed by atoms with Gasteiger partial charge >= 0.3 is 0 Å². The lowest BCUT2D eigenvalue weighted by Gasteiger charge is -2.37. The Morgan fingerprint density at radius 3 is 2.70 bits per heavy atom. The van der Waals surface area contributed by atoms with Crippen LogP contribution in [0.25, 0.3) is 22.0 Å². The number of nitrogens with one attached hydrogen (secondary N) is 1. The van der Waals surface area contributed by atoms with Gasteiger partial charge in [0.25, 0.3) is 5.91 Å². The van der Waals surface area contributed by atoms with Gasteiger partial charge < -0.3 is 14.8 Å². The number of hydrogen-bond donors (Lipinski definition) is 1. The van der Waals surface area contributed by atoms with E-state index in [1.807, 2.05) is 30.5 Å². The lowest BCUT2D eigenvalue weighted by atomic mass is 9.99. The molecule has 5 rings (SSSR count). The Bertz CT molecular complexity index is 1260. The molecule has 6 nitrogen and oxygen atoms in total. The third kappa shape index (κ3) is 4.50.